The van der Waals surface area contributed by atoms with E-state index in [0.717, 1.165) is 36.2 Å². The van der Waals surface area contributed by atoms with E-state index in [0.29, 0.717) is 33.8 Å². The van der Waals surface area contributed by atoms with Crippen molar-refractivity contribution in [3.05, 3.63) is 70.2 Å². The first-order chi connectivity index (χ1) is 15.2. The predicted molar refractivity (Wildman–Crippen MR) is 120 cm³/mol. The summed E-state index contributed by atoms with van der Waals surface area (Å²) in [4.78, 5) is 27.8. The Kier molecular flexibility index (Phi) is 4.26. The van der Waals surface area contributed by atoms with E-state index >= 15 is 0 Å². The third-order valence-electron chi connectivity index (χ3n) is 5.74. The van der Waals surface area contributed by atoms with Crippen LogP contribution in [0.15, 0.2) is 59.7 Å². The summed E-state index contributed by atoms with van der Waals surface area (Å²) in [7, 11) is 0. The minimum absolute atomic E-state index is 0.0356. The minimum Gasteiger partial charge on any atom is -0.376 e. The number of halogens is 1. The average molecular weight is 432 g/mol. The Morgan fingerprint density at radius 2 is 1.81 bits per heavy atom. The third kappa shape index (κ3) is 3.00. The zero-order chi connectivity index (χ0) is 20.9. The summed E-state index contributed by atoms with van der Waals surface area (Å²) >= 11 is 6.10. The fraction of sp³-hybridized carbons (Fsp3) is 0.217. The highest BCUT2D eigenvalue weighted by Gasteiger charge is 2.22. The molecule has 0 N–H and O–H groups in total. The molecule has 1 saturated heterocycles. The van der Waals surface area contributed by atoms with Crippen molar-refractivity contribution in [3.8, 4) is 5.69 Å². The number of hydrogen-bond acceptors (Lipinski definition) is 5. The Morgan fingerprint density at radius 3 is 2.55 bits per heavy atom. The van der Waals surface area contributed by atoms with Crippen LogP contribution in [0.4, 0.5) is 0 Å². The molecule has 5 aromatic rings. The van der Waals surface area contributed by atoms with E-state index in [1.165, 1.54) is 0 Å². The minimum atomic E-state index is -0.136. The molecular weight excluding hydrogens is 414 g/mol. The smallest absolute Gasteiger partial charge is 0.265 e. The van der Waals surface area contributed by atoms with Crippen LogP contribution in [-0.2, 0) is 11.3 Å². The van der Waals surface area contributed by atoms with Crippen molar-refractivity contribution in [2.45, 2.75) is 25.5 Å². The molecule has 1 atom stereocenters. The van der Waals surface area contributed by atoms with E-state index in [2.05, 4.69) is 4.98 Å². The lowest BCUT2D eigenvalue weighted by Crippen LogP contribution is -2.26. The molecule has 1 aliphatic heterocycles. The highest BCUT2D eigenvalue weighted by atomic mass is 35.5. The predicted octanol–water partition coefficient (Wildman–Crippen LogP) is 4.12. The molecule has 0 saturated carbocycles. The Hall–Kier alpha value is -3.29. The van der Waals surface area contributed by atoms with Crippen molar-refractivity contribution in [1.82, 2.24) is 24.1 Å². The molecule has 31 heavy (non-hydrogen) atoms. The summed E-state index contributed by atoms with van der Waals surface area (Å²) in [6, 6.07) is 15.0. The van der Waals surface area contributed by atoms with Gasteiger partial charge < -0.3 is 4.74 Å². The standard InChI is InChI=1S/C23H18ClN5O2/c24-14-7-9-15(10-8-14)29-21-19(20-22(29)27-18-6-2-1-5-17(18)26-20)23(30)28(13-25-21)12-16-4-3-11-31-16/h1-2,5-10,13,16H,3-4,11-12H2/t16-/m0/s1. The van der Waals surface area contributed by atoms with Crippen molar-refractivity contribution in [1.29, 1.82) is 0 Å². The van der Waals surface area contributed by atoms with Crippen LogP contribution in [0.2, 0.25) is 5.02 Å². The second-order valence-electron chi connectivity index (χ2n) is 7.73. The number of aromatic nitrogens is 5. The largest absolute Gasteiger partial charge is 0.376 e. The van der Waals surface area contributed by atoms with Gasteiger partial charge >= 0.3 is 0 Å². The van der Waals surface area contributed by atoms with Crippen molar-refractivity contribution in [2.75, 3.05) is 6.61 Å². The van der Waals surface area contributed by atoms with Crippen LogP contribution in [0, 0.1) is 0 Å². The van der Waals surface area contributed by atoms with Gasteiger partial charge in [0.1, 0.15) is 17.2 Å². The van der Waals surface area contributed by atoms with Crippen LogP contribution in [0.1, 0.15) is 12.8 Å². The molecule has 2 aromatic carbocycles. The maximum Gasteiger partial charge on any atom is 0.265 e. The zero-order valence-electron chi connectivity index (χ0n) is 16.5. The average Bonchev–Trinajstić information content (AvgIpc) is 3.41. The molecule has 4 heterocycles. The summed E-state index contributed by atoms with van der Waals surface area (Å²) in [5, 5.41) is 1.09. The first kappa shape index (κ1) is 18.5. The number of nitrogens with zero attached hydrogens (tertiary/aromatic N) is 5. The molecule has 8 heteroatoms. The summed E-state index contributed by atoms with van der Waals surface area (Å²) in [5.74, 6) is 0. The summed E-state index contributed by atoms with van der Waals surface area (Å²) in [6.07, 6.45) is 3.59. The lowest BCUT2D eigenvalue weighted by Gasteiger charge is -2.11. The summed E-state index contributed by atoms with van der Waals surface area (Å²) in [6.45, 7) is 1.22. The van der Waals surface area contributed by atoms with Crippen LogP contribution in [0.5, 0.6) is 0 Å². The molecule has 0 bridgehead atoms. The number of para-hydroxylation sites is 2. The normalized spacial score (nSPS) is 16.6. The van der Waals surface area contributed by atoms with E-state index in [1.807, 2.05) is 53.1 Å². The van der Waals surface area contributed by atoms with Crippen LogP contribution in [0.3, 0.4) is 0 Å². The van der Waals surface area contributed by atoms with Crippen LogP contribution in [-0.4, -0.2) is 36.8 Å². The molecule has 7 nitrogen and oxygen atoms in total. The maximum absolute atomic E-state index is 13.5. The van der Waals surface area contributed by atoms with Gasteiger partial charge in [0.25, 0.3) is 5.56 Å². The fourth-order valence-corrected chi connectivity index (χ4v) is 4.37. The van der Waals surface area contributed by atoms with Crippen molar-refractivity contribution < 1.29 is 4.74 Å². The Labute approximate surface area is 181 Å². The lowest BCUT2D eigenvalue weighted by molar-refractivity contribution is 0.0960. The maximum atomic E-state index is 13.5. The SMILES string of the molecule is O=c1c2c3nc4ccccc4nc3n(-c3ccc(Cl)cc3)c2ncn1C[C@@H]1CCCO1. The van der Waals surface area contributed by atoms with Crippen molar-refractivity contribution in [2.24, 2.45) is 0 Å². The van der Waals surface area contributed by atoms with Crippen molar-refractivity contribution in [3.63, 3.8) is 0 Å². The fourth-order valence-electron chi connectivity index (χ4n) is 4.24. The number of benzene rings is 2. The van der Waals surface area contributed by atoms with E-state index in [9.17, 15) is 4.79 Å². The first-order valence-corrected chi connectivity index (χ1v) is 10.6. The Bertz CT molecular complexity index is 1500. The van der Waals surface area contributed by atoms with Gasteiger partial charge in [0, 0.05) is 17.3 Å². The monoisotopic (exact) mass is 431 g/mol. The van der Waals surface area contributed by atoms with E-state index < -0.39 is 0 Å². The highest BCUT2D eigenvalue weighted by Crippen LogP contribution is 2.28. The summed E-state index contributed by atoms with van der Waals surface area (Å²) in [5.41, 5.74) is 3.84. The van der Waals surface area contributed by atoms with Gasteiger partial charge in [-0.1, -0.05) is 23.7 Å². The number of fused-ring (bicyclic) bond motifs is 4. The van der Waals surface area contributed by atoms with Gasteiger partial charge in [-0.15, -0.1) is 0 Å². The Morgan fingerprint density at radius 1 is 1.03 bits per heavy atom. The van der Waals surface area contributed by atoms with E-state index in [4.69, 9.17) is 26.3 Å². The highest BCUT2D eigenvalue weighted by molar-refractivity contribution is 6.30. The zero-order valence-corrected chi connectivity index (χ0v) is 17.3. The van der Waals surface area contributed by atoms with Gasteiger partial charge in [0.2, 0.25) is 0 Å². The number of ether oxygens (including phenoxy) is 1. The van der Waals surface area contributed by atoms with Gasteiger partial charge in [-0.05, 0) is 49.2 Å². The number of rotatable bonds is 3. The molecule has 0 amide bonds. The molecule has 0 unspecified atom stereocenters. The van der Waals surface area contributed by atoms with E-state index in [1.54, 1.807) is 10.9 Å². The van der Waals surface area contributed by atoms with Crippen LogP contribution < -0.4 is 5.56 Å². The lowest BCUT2D eigenvalue weighted by atomic mass is 10.2. The molecule has 154 valence electrons. The molecule has 1 aliphatic rings. The molecular formula is C23H18ClN5O2. The molecule has 3 aromatic heterocycles. The van der Waals surface area contributed by atoms with E-state index in [-0.39, 0.29) is 11.7 Å². The van der Waals surface area contributed by atoms with Gasteiger partial charge in [-0.25, -0.2) is 15.0 Å². The van der Waals surface area contributed by atoms with Gasteiger partial charge in [-0.3, -0.25) is 13.9 Å². The van der Waals surface area contributed by atoms with Gasteiger partial charge in [-0.2, -0.15) is 0 Å². The van der Waals surface area contributed by atoms with Gasteiger partial charge in [0.05, 0.1) is 23.7 Å². The molecule has 1 fully saturated rings. The molecule has 0 aliphatic carbocycles. The quantitative estimate of drug-likeness (QED) is 0.429. The molecule has 0 radical (unpaired) electrons. The van der Waals surface area contributed by atoms with Crippen LogP contribution in [0.25, 0.3) is 38.9 Å². The second kappa shape index (κ2) is 7.14. The van der Waals surface area contributed by atoms with Crippen LogP contribution >= 0.6 is 11.6 Å². The van der Waals surface area contributed by atoms with Gasteiger partial charge in [0.15, 0.2) is 11.3 Å². The molecule has 6 rings (SSSR count). The van der Waals surface area contributed by atoms with Crippen molar-refractivity contribution >= 4 is 44.8 Å². The summed E-state index contributed by atoms with van der Waals surface area (Å²) < 4.78 is 9.22. The Balaban J connectivity index is 1.68. The topological polar surface area (TPSA) is 74.8 Å². The third-order valence-corrected chi connectivity index (χ3v) is 5.99. The number of hydrogen-bond donors (Lipinski definition) is 0. The molecule has 0 spiro atoms. The first-order valence-electron chi connectivity index (χ1n) is 10.2. The second-order valence-corrected chi connectivity index (χ2v) is 8.17.